The lowest BCUT2D eigenvalue weighted by Gasteiger charge is -2.13. The fraction of sp³-hybridized carbons (Fsp3) is 0.273. The van der Waals surface area contributed by atoms with Crippen molar-refractivity contribution in [2.75, 3.05) is 25.1 Å². The first-order valence-electron chi connectivity index (χ1n) is 9.77. The number of nitrogens with zero attached hydrogens (tertiary/aromatic N) is 2. The summed E-state index contributed by atoms with van der Waals surface area (Å²) in [6.45, 7) is 4.40. The zero-order valence-corrected chi connectivity index (χ0v) is 16.4. The Morgan fingerprint density at radius 3 is 2.72 bits per heavy atom. The molecule has 2 heterocycles. The third-order valence-electron chi connectivity index (χ3n) is 4.34. The Bertz CT molecular complexity index is 969. The molecule has 4 rings (SSSR count). The van der Waals surface area contributed by atoms with E-state index in [1.54, 1.807) is 6.20 Å². The van der Waals surface area contributed by atoms with Crippen LogP contribution in [0.15, 0.2) is 64.1 Å². The SMILES string of the molecule is CCNC(=NCc1ncc(-c2ccccc2)o1)Nc1ccc2c(c1)OCCCO2. The Balaban J connectivity index is 1.46. The topological polar surface area (TPSA) is 80.9 Å². The quantitative estimate of drug-likeness (QED) is 0.503. The van der Waals surface area contributed by atoms with Gasteiger partial charge in [0, 0.05) is 30.3 Å². The monoisotopic (exact) mass is 392 g/mol. The third kappa shape index (κ3) is 4.87. The van der Waals surface area contributed by atoms with E-state index in [-0.39, 0.29) is 0 Å². The number of aromatic nitrogens is 1. The maximum absolute atomic E-state index is 5.83. The second-order valence-electron chi connectivity index (χ2n) is 6.52. The van der Waals surface area contributed by atoms with E-state index in [1.165, 1.54) is 0 Å². The highest BCUT2D eigenvalue weighted by atomic mass is 16.5. The Kier molecular flexibility index (Phi) is 5.95. The van der Waals surface area contributed by atoms with Gasteiger partial charge in [-0.2, -0.15) is 0 Å². The molecule has 1 aliphatic heterocycles. The average Bonchev–Trinajstić information content (AvgIpc) is 3.11. The lowest BCUT2D eigenvalue weighted by Crippen LogP contribution is -2.30. The summed E-state index contributed by atoms with van der Waals surface area (Å²) in [5, 5.41) is 6.52. The Hall–Kier alpha value is -3.48. The van der Waals surface area contributed by atoms with E-state index in [4.69, 9.17) is 13.9 Å². The highest BCUT2D eigenvalue weighted by Crippen LogP contribution is 2.32. The number of hydrogen-bond donors (Lipinski definition) is 2. The summed E-state index contributed by atoms with van der Waals surface area (Å²) < 4.78 is 17.3. The van der Waals surface area contributed by atoms with Crippen LogP contribution in [-0.2, 0) is 6.54 Å². The van der Waals surface area contributed by atoms with E-state index < -0.39 is 0 Å². The van der Waals surface area contributed by atoms with Gasteiger partial charge in [0.25, 0.3) is 0 Å². The molecule has 0 bridgehead atoms. The van der Waals surface area contributed by atoms with Crippen LogP contribution in [0.25, 0.3) is 11.3 Å². The van der Waals surface area contributed by atoms with Crippen molar-refractivity contribution in [2.24, 2.45) is 4.99 Å². The maximum Gasteiger partial charge on any atom is 0.216 e. The van der Waals surface area contributed by atoms with E-state index >= 15 is 0 Å². The zero-order chi connectivity index (χ0) is 19.9. The van der Waals surface area contributed by atoms with Gasteiger partial charge in [-0.15, -0.1) is 0 Å². The van der Waals surface area contributed by atoms with E-state index in [1.807, 2.05) is 55.5 Å². The first-order valence-corrected chi connectivity index (χ1v) is 9.77. The van der Waals surface area contributed by atoms with Gasteiger partial charge in [0.05, 0.1) is 19.4 Å². The van der Waals surface area contributed by atoms with Crippen molar-refractivity contribution in [2.45, 2.75) is 19.9 Å². The number of hydrogen-bond acceptors (Lipinski definition) is 5. The average molecular weight is 392 g/mol. The Morgan fingerprint density at radius 2 is 1.90 bits per heavy atom. The molecule has 0 radical (unpaired) electrons. The summed E-state index contributed by atoms with van der Waals surface area (Å²) in [4.78, 5) is 8.92. The first-order chi connectivity index (χ1) is 14.3. The molecule has 2 aromatic carbocycles. The lowest BCUT2D eigenvalue weighted by molar-refractivity contribution is 0.297. The van der Waals surface area contributed by atoms with Crippen LogP contribution in [0.5, 0.6) is 11.5 Å². The Labute approximate surface area is 169 Å². The predicted octanol–water partition coefficient (Wildman–Crippen LogP) is 4.08. The van der Waals surface area contributed by atoms with Gasteiger partial charge in [0.15, 0.2) is 23.2 Å². The number of fused-ring (bicyclic) bond motifs is 1. The molecule has 0 aliphatic carbocycles. The van der Waals surface area contributed by atoms with Gasteiger partial charge in [-0.25, -0.2) is 9.98 Å². The standard InChI is InChI=1S/C22H24N4O3/c1-2-23-22(26-17-9-10-18-19(13-17)28-12-6-11-27-18)25-15-21-24-14-20(29-21)16-7-4-3-5-8-16/h3-5,7-10,13-14H,2,6,11-12,15H2,1H3,(H2,23,25,26). The minimum absolute atomic E-state index is 0.326. The van der Waals surface area contributed by atoms with Crippen molar-refractivity contribution in [3.8, 4) is 22.8 Å². The summed E-state index contributed by atoms with van der Waals surface area (Å²) in [5.41, 5.74) is 1.86. The minimum atomic E-state index is 0.326. The molecule has 1 aliphatic rings. The molecule has 29 heavy (non-hydrogen) atoms. The molecule has 1 aromatic heterocycles. The number of aliphatic imine (C=N–C) groups is 1. The lowest BCUT2D eigenvalue weighted by atomic mass is 10.2. The molecule has 0 saturated carbocycles. The molecule has 0 spiro atoms. The molecule has 0 amide bonds. The first kappa shape index (κ1) is 18.9. The van der Waals surface area contributed by atoms with Crippen molar-refractivity contribution in [3.63, 3.8) is 0 Å². The highest BCUT2D eigenvalue weighted by molar-refractivity contribution is 5.93. The summed E-state index contributed by atoms with van der Waals surface area (Å²) >= 11 is 0. The fourth-order valence-electron chi connectivity index (χ4n) is 2.95. The van der Waals surface area contributed by atoms with Gasteiger partial charge in [0.2, 0.25) is 5.89 Å². The minimum Gasteiger partial charge on any atom is -0.490 e. The molecular weight excluding hydrogens is 368 g/mol. The normalized spacial score (nSPS) is 13.6. The van der Waals surface area contributed by atoms with Crippen LogP contribution in [-0.4, -0.2) is 30.7 Å². The second-order valence-corrected chi connectivity index (χ2v) is 6.52. The van der Waals surface area contributed by atoms with E-state index in [9.17, 15) is 0 Å². The van der Waals surface area contributed by atoms with Gasteiger partial charge < -0.3 is 24.5 Å². The predicted molar refractivity (Wildman–Crippen MR) is 112 cm³/mol. The number of rotatable bonds is 5. The van der Waals surface area contributed by atoms with Gasteiger partial charge >= 0.3 is 0 Å². The van der Waals surface area contributed by atoms with Crippen LogP contribution in [0, 0.1) is 0 Å². The smallest absolute Gasteiger partial charge is 0.216 e. The van der Waals surface area contributed by atoms with Crippen LogP contribution in [0.2, 0.25) is 0 Å². The molecule has 7 nitrogen and oxygen atoms in total. The third-order valence-corrected chi connectivity index (χ3v) is 4.34. The molecule has 0 unspecified atom stereocenters. The van der Waals surface area contributed by atoms with Crippen LogP contribution in [0.3, 0.4) is 0 Å². The number of nitrogens with one attached hydrogen (secondary N) is 2. The number of guanidine groups is 1. The van der Waals surface area contributed by atoms with Crippen LogP contribution >= 0.6 is 0 Å². The summed E-state index contributed by atoms with van der Waals surface area (Å²) in [6, 6.07) is 15.7. The molecule has 7 heteroatoms. The van der Waals surface area contributed by atoms with Crippen LogP contribution < -0.4 is 20.1 Å². The highest BCUT2D eigenvalue weighted by Gasteiger charge is 2.12. The molecule has 0 atom stereocenters. The van der Waals surface area contributed by atoms with E-state index in [0.717, 1.165) is 41.5 Å². The van der Waals surface area contributed by atoms with Crippen molar-refractivity contribution in [1.29, 1.82) is 0 Å². The maximum atomic E-state index is 5.83. The van der Waals surface area contributed by atoms with Crippen molar-refractivity contribution >= 4 is 11.6 Å². The van der Waals surface area contributed by atoms with E-state index in [0.29, 0.717) is 31.6 Å². The van der Waals surface area contributed by atoms with Crippen molar-refractivity contribution < 1.29 is 13.9 Å². The van der Waals surface area contributed by atoms with Gasteiger partial charge in [0.1, 0.15) is 6.54 Å². The summed E-state index contributed by atoms with van der Waals surface area (Å²) in [6.07, 6.45) is 2.60. The summed E-state index contributed by atoms with van der Waals surface area (Å²) in [5.74, 6) is 3.43. The second kappa shape index (κ2) is 9.14. The molecule has 150 valence electrons. The molecule has 0 saturated heterocycles. The van der Waals surface area contributed by atoms with Gasteiger partial charge in [-0.3, -0.25) is 0 Å². The van der Waals surface area contributed by atoms with Gasteiger partial charge in [-0.1, -0.05) is 30.3 Å². The number of oxazole rings is 1. The molecule has 0 fully saturated rings. The van der Waals surface area contributed by atoms with Crippen molar-refractivity contribution in [1.82, 2.24) is 10.3 Å². The number of anilines is 1. The number of benzene rings is 2. The molecule has 3 aromatic rings. The van der Waals surface area contributed by atoms with Crippen LogP contribution in [0.4, 0.5) is 5.69 Å². The van der Waals surface area contributed by atoms with Gasteiger partial charge in [-0.05, 0) is 19.1 Å². The Morgan fingerprint density at radius 1 is 1.07 bits per heavy atom. The molecular formula is C22H24N4O3. The zero-order valence-electron chi connectivity index (χ0n) is 16.4. The fourth-order valence-corrected chi connectivity index (χ4v) is 2.95. The summed E-state index contributed by atoms with van der Waals surface area (Å²) in [7, 11) is 0. The van der Waals surface area contributed by atoms with Crippen LogP contribution in [0.1, 0.15) is 19.2 Å². The van der Waals surface area contributed by atoms with E-state index in [2.05, 4.69) is 20.6 Å². The van der Waals surface area contributed by atoms with Crippen molar-refractivity contribution in [3.05, 3.63) is 60.6 Å². The molecule has 2 N–H and O–H groups in total. The largest absolute Gasteiger partial charge is 0.490 e. The number of ether oxygens (including phenoxy) is 2.